The first-order chi connectivity index (χ1) is 15.2. The number of nitrogens with zero attached hydrogens (tertiary/aromatic N) is 4. The first kappa shape index (κ1) is 19.3. The lowest BCUT2D eigenvalue weighted by Gasteiger charge is -2.29. The molecule has 0 saturated carbocycles. The van der Waals surface area contributed by atoms with Gasteiger partial charge in [-0.15, -0.1) is 0 Å². The molecular weight excluding hydrogens is 382 g/mol. The molecule has 0 bridgehead atoms. The molecule has 4 aromatic rings. The van der Waals surface area contributed by atoms with Gasteiger partial charge in [-0.3, -0.25) is 5.10 Å². The third-order valence-corrected chi connectivity index (χ3v) is 6.20. The molecule has 5 nitrogen and oxygen atoms in total. The van der Waals surface area contributed by atoms with Crippen LogP contribution in [0.4, 0.5) is 5.69 Å². The maximum atomic E-state index is 10.2. The standard InChI is InChI=1S/C26H25N5/c1-17-6-8-20(9-7-17)25-22(16-27)24(23-18(2)29-30-26(23)28-25)19-10-12-21(13-11-19)31-14-4-3-5-15-31/h6-13H,3-5,14-15H2,1-2H3,(H,28,29,30). The number of piperidine rings is 1. The molecule has 2 aromatic carbocycles. The number of pyridine rings is 1. The Bertz CT molecular complexity index is 1270. The van der Waals surface area contributed by atoms with Crippen LogP contribution < -0.4 is 4.90 Å². The number of rotatable bonds is 3. The van der Waals surface area contributed by atoms with Crippen LogP contribution in [0, 0.1) is 25.2 Å². The van der Waals surface area contributed by atoms with E-state index in [4.69, 9.17) is 4.98 Å². The molecule has 0 atom stereocenters. The zero-order chi connectivity index (χ0) is 21.4. The van der Waals surface area contributed by atoms with Crippen LogP contribution in [-0.2, 0) is 0 Å². The predicted octanol–water partition coefficient (Wildman–Crippen LogP) is 5.77. The highest BCUT2D eigenvalue weighted by atomic mass is 15.1. The third kappa shape index (κ3) is 3.44. The summed E-state index contributed by atoms with van der Waals surface area (Å²) in [6, 6.07) is 19.2. The second-order valence-corrected chi connectivity index (χ2v) is 8.33. The van der Waals surface area contributed by atoms with Gasteiger partial charge < -0.3 is 4.90 Å². The third-order valence-electron chi connectivity index (χ3n) is 6.20. The van der Waals surface area contributed by atoms with Gasteiger partial charge in [0, 0.05) is 35.6 Å². The number of hydrogen-bond acceptors (Lipinski definition) is 4. The fourth-order valence-corrected chi connectivity index (χ4v) is 4.51. The van der Waals surface area contributed by atoms with Crippen LogP contribution in [0.3, 0.4) is 0 Å². The van der Waals surface area contributed by atoms with E-state index in [2.05, 4.69) is 52.4 Å². The van der Waals surface area contributed by atoms with E-state index in [-0.39, 0.29) is 0 Å². The lowest BCUT2D eigenvalue weighted by molar-refractivity contribution is 0.578. The molecule has 154 valence electrons. The average molecular weight is 408 g/mol. The predicted molar refractivity (Wildman–Crippen MR) is 125 cm³/mol. The van der Waals surface area contributed by atoms with E-state index >= 15 is 0 Å². The van der Waals surface area contributed by atoms with Crippen molar-refractivity contribution in [3.63, 3.8) is 0 Å². The summed E-state index contributed by atoms with van der Waals surface area (Å²) in [6.07, 6.45) is 3.82. The SMILES string of the molecule is Cc1ccc(-c2nc3n[nH]c(C)c3c(-c3ccc(N4CCCCC4)cc3)c2C#N)cc1. The number of nitriles is 1. The fourth-order valence-electron chi connectivity index (χ4n) is 4.51. The minimum absolute atomic E-state index is 0.589. The Balaban J connectivity index is 1.69. The highest BCUT2D eigenvalue weighted by Crippen LogP contribution is 2.38. The Labute approximate surface area is 182 Å². The molecule has 5 heteroatoms. The first-order valence-electron chi connectivity index (χ1n) is 10.9. The van der Waals surface area contributed by atoms with Crippen LogP contribution in [0.15, 0.2) is 48.5 Å². The maximum Gasteiger partial charge on any atom is 0.182 e. The van der Waals surface area contributed by atoms with Gasteiger partial charge in [0.15, 0.2) is 5.65 Å². The Hall–Kier alpha value is -3.65. The van der Waals surface area contributed by atoms with E-state index < -0.39 is 0 Å². The number of nitrogens with one attached hydrogen (secondary N) is 1. The summed E-state index contributed by atoms with van der Waals surface area (Å²) < 4.78 is 0. The van der Waals surface area contributed by atoms with Crippen LogP contribution in [0.2, 0.25) is 0 Å². The molecule has 0 aliphatic carbocycles. The molecular formula is C26H25N5. The molecule has 0 amide bonds. The highest BCUT2D eigenvalue weighted by molar-refractivity contribution is 6.00. The largest absolute Gasteiger partial charge is 0.372 e. The second-order valence-electron chi connectivity index (χ2n) is 8.33. The van der Waals surface area contributed by atoms with E-state index in [9.17, 15) is 5.26 Å². The number of hydrogen-bond donors (Lipinski definition) is 1. The van der Waals surface area contributed by atoms with Crippen molar-refractivity contribution in [3.8, 4) is 28.5 Å². The van der Waals surface area contributed by atoms with E-state index in [1.807, 2.05) is 31.2 Å². The lowest BCUT2D eigenvalue weighted by Crippen LogP contribution is -2.29. The molecule has 2 aromatic heterocycles. The Morgan fingerprint density at radius 1 is 0.903 bits per heavy atom. The number of aromatic amines is 1. The summed E-state index contributed by atoms with van der Waals surface area (Å²) >= 11 is 0. The summed E-state index contributed by atoms with van der Waals surface area (Å²) in [7, 11) is 0. The van der Waals surface area contributed by atoms with E-state index in [1.165, 1.54) is 30.5 Å². The topological polar surface area (TPSA) is 68.6 Å². The Kier molecular flexibility index (Phi) is 4.91. The molecule has 1 N–H and O–H groups in total. The summed E-state index contributed by atoms with van der Waals surface area (Å²) in [4.78, 5) is 7.22. The molecule has 1 aliphatic heterocycles. The first-order valence-corrected chi connectivity index (χ1v) is 10.9. The van der Waals surface area contributed by atoms with Gasteiger partial charge in [-0.05, 0) is 50.8 Å². The van der Waals surface area contributed by atoms with Gasteiger partial charge >= 0.3 is 0 Å². The number of aromatic nitrogens is 3. The molecule has 31 heavy (non-hydrogen) atoms. The summed E-state index contributed by atoms with van der Waals surface area (Å²) in [6.45, 7) is 6.26. The van der Waals surface area contributed by atoms with Crippen LogP contribution in [0.5, 0.6) is 0 Å². The molecule has 3 heterocycles. The van der Waals surface area contributed by atoms with Gasteiger partial charge in [-0.2, -0.15) is 10.4 Å². The van der Waals surface area contributed by atoms with Gasteiger partial charge in [0.05, 0.1) is 16.6 Å². The van der Waals surface area contributed by atoms with Crippen LogP contribution in [-0.4, -0.2) is 28.3 Å². The average Bonchev–Trinajstić information content (AvgIpc) is 3.19. The number of anilines is 1. The van der Waals surface area contributed by atoms with Crippen LogP contribution in [0.25, 0.3) is 33.4 Å². The fraction of sp³-hybridized carbons (Fsp3) is 0.269. The van der Waals surface area contributed by atoms with Crippen molar-refractivity contribution in [1.82, 2.24) is 15.2 Å². The summed E-state index contributed by atoms with van der Waals surface area (Å²) in [5.41, 5.74) is 8.09. The van der Waals surface area contributed by atoms with Gasteiger partial charge in [0.2, 0.25) is 0 Å². The summed E-state index contributed by atoms with van der Waals surface area (Å²) in [5.74, 6) is 0. The van der Waals surface area contributed by atoms with Gasteiger partial charge in [0.1, 0.15) is 6.07 Å². The number of benzene rings is 2. The van der Waals surface area contributed by atoms with E-state index in [0.717, 1.165) is 40.9 Å². The molecule has 0 spiro atoms. The molecule has 0 unspecified atom stereocenters. The van der Waals surface area contributed by atoms with Crippen LogP contribution >= 0.6 is 0 Å². The summed E-state index contributed by atoms with van der Waals surface area (Å²) in [5, 5.41) is 18.6. The van der Waals surface area contributed by atoms with Crippen molar-refractivity contribution in [2.24, 2.45) is 0 Å². The number of fused-ring (bicyclic) bond motifs is 1. The molecule has 0 radical (unpaired) electrons. The molecule has 5 rings (SSSR count). The van der Waals surface area contributed by atoms with Crippen molar-refractivity contribution >= 4 is 16.7 Å². The van der Waals surface area contributed by atoms with Crippen LogP contribution in [0.1, 0.15) is 36.1 Å². The molecule has 1 fully saturated rings. The quantitative estimate of drug-likeness (QED) is 0.468. The zero-order valence-corrected chi connectivity index (χ0v) is 17.9. The zero-order valence-electron chi connectivity index (χ0n) is 17.9. The lowest BCUT2D eigenvalue weighted by atomic mass is 9.93. The molecule has 1 saturated heterocycles. The van der Waals surface area contributed by atoms with Gasteiger partial charge in [0.25, 0.3) is 0 Å². The minimum atomic E-state index is 0.589. The van der Waals surface area contributed by atoms with Gasteiger partial charge in [-0.25, -0.2) is 4.98 Å². The second kappa shape index (κ2) is 7.88. The van der Waals surface area contributed by atoms with E-state index in [1.54, 1.807) is 0 Å². The maximum absolute atomic E-state index is 10.2. The van der Waals surface area contributed by atoms with Crippen molar-refractivity contribution in [2.45, 2.75) is 33.1 Å². The van der Waals surface area contributed by atoms with E-state index in [0.29, 0.717) is 16.9 Å². The minimum Gasteiger partial charge on any atom is -0.372 e. The monoisotopic (exact) mass is 407 g/mol. The Morgan fingerprint density at radius 3 is 2.26 bits per heavy atom. The Morgan fingerprint density at radius 2 is 1.58 bits per heavy atom. The normalized spacial score (nSPS) is 14.0. The number of aryl methyl sites for hydroxylation is 2. The van der Waals surface area contributed by atoms with Gasteiger partial charge in [-0.1, -0.05) is 42.0 Å². The van der Waals surface area contributed by atoms with Crippen molar-refractivity contribution in [2.75, 3.05) is 18.0 Å². The van der Waals surface area contributed by atoms with Crippen molar-refractivity contribution < 1.29 is 0 Å². The van der Waals surface area contributed by atoms with Crippen molar-refractivity contribution in [1.29, 1.82) is 5.26 Å². The highest BCUT2D eigenvalue weighted by Gasteiger charge is 2.21. The van der Waals surface area contributed by atoms with Crippen molar-refractivity contribution in [3.05, 3.63) is 65.4 Å². The smallest absolute Gasteiger partial charge is 0.182 e. The molecule has 1 aliphatic rings. The number of H-pyrrole nitrogens is 1.